The van der Waals surface area contributed by atoms with Crippen LogP contribution in [0.15, 0.2) is 42.9 Å². The van der Waals surface area contributed by atoms with Crippen molar-refractivity contribution in [3.63, 3.8) is 0 Å². The fraction of sp³-hybridized carbons (Fsp3) is 0.154. The maximum atomic E-state index is 12.0. The second-order valence-corrected chi connectivity index (χ2v) is 3.66. The van der Waals surface area contributed by atoms with Gasteiger partial charge in [0.25, 0.3) is 0 Å². The van der Waals surface area contributed by atoms with E-state index in [1.54, 1.807) is 18.3 Å². The van der Waals surface area contributed by atoms with Crippen molar-refractivity contribution in [2.45, 2.75) is 6.42 Å². The smallest absolute Gasteiger partial charge is 0.212 e. The highest BCUT2D eigenvalue weighted by atomic mass is 16.1. The van der Waals surface area contributed by atoms with Crippen LogP contribution in [-0.4, -0.2) is 22.3 Å². The first-order valence-electron chi connectivity index (χ1n) is 5.41. The number of nitrogens with two attached hydrogens (primary N) is 1. The Hall–Kier alpha value is -2.07. The van der Waals surface area contributed by atoms with Gasteiger partial charge in [0.15, 0.2) is 0 Å². The van der Waals surface area contributed by atoms with Crippen molar-refractivity contribution < 1.29 is 4.79 Å². The molecule has 0 aliphatic heterocycles. The predicted octanol–water partition coefficient (Wildman–Crippen LogP) is 1.21. The average Bonchev–Trinajstić information content (AvgIpc) is 2.40. The van der Waals surface area contributed by atoms with E-state index in [1.807, 2.05) is 12.1 Å². The summed E-state index contributed by atoms with van der Waals surface area (Å²) in [5, 5.41) is 0. The Morgan fingerprint density at radius 1 is 1.18 bits per heavy atom. The van der Waals surface area contributed by atoms with E-state index in [0.29, 0.717) is 17.8 Å². The second kappa shape index (κ2) is 5.32. The van der Waals surface area contributed by atoms with Crippen LogP contribution >= 0.6 is 0 Å². The third-order valence-electron chi connectivity index (χ3n) is 2.44. The summed E-state index contributed by atoms with van der Waals surface area (Å²) in [5.74, 6) is -0.114. The van der Waals surface area contributed by atoms with Crippen molar-refractivity contribution in [3.8, 4) is 0 Å². The van der Waals surface area contributed by atoms with Crippen molar-refractivity contribution in [3.05, 3.63) is 59.7 Å². The molecule has 1 aromatic heterocycles. The lowest BCUT2D eigenvalue weighted by atomic mass is 10.0. The first-order valence-corrected chi connectivity index (χ1v) is 5.41. The van der Waals surface area contributed by atoms with Crippen molar-refractivity contribution in [1.82, 2.24) is 9.97 Å². The van der Waals surface area contributed by atoms with Gasteiger partial charge < -0.3 is 5.73 Å². The molecule has 2 N–H and O–H groups in total. The number of nitrogens with zero attached hydrogens (tertiary/aromatic N) is 2. The molecule has 0 aliphatic carbocycles. The summed E-state index contributed by atoms with van der Waals surface area (Å²) >= 11 is 0. The van der Waals surface area contributed by atoms with Crippen LogP contribution in [0.1, 0.15) is 21.6 Å². The van der Waals surface area contributed by atoms with Crippen LogP contribution in [0.5, 0.6) is 0 Å². The zero-order chi connectivity index (χ0) is 12.1. The number of benzene rings is 1. The standard InChI is InChI=1S/C13H13N3O/c14-6-5-10-1-3-11(4-2-10)13(17)12-9-15-7-8-16-12/h1-4,7-9H,5-6,14H2. The summed E-state index contributed by atoms with van der Waals surface area (Å²) in [6.07, 6.45) is 5.34. The van der Waals surface area contributed by atoms with Gasteiger partial charge in [0, 0.05) is 18.0 Å². The largest absolute Gasteiger partial charge is 0.330 e. The van der Waals surface area contributed by atoms with Crippen LogP contribution in [-0.2, 0) is 6.42 Å². The lowest BCUT2D eigenvalue weighted by Gasteiger charge is -2.02. The zero-order valence-corrected chi connectivity index (χ0v) is 9.34. The summed E-state index contributed by atoms with van der Waals surface area (Å²) in [6.45, 7) is 0.609. The highest BCUT2D eigenvalue weighted by Crippen LogP contribution is 2.09. The van der Waals surface area contributed by atoms with Gasteiger partial charge in [-0.3, -0.25) is 9.78 Å². The van der Waals surface area contributed by atoms with Crippen LogP contribution in [0.25, 0.3) is 0 Å². The molecule has 0 radical (unpaired) electrons. The molecule has 0 unspecified atom stereocenters. The normalized spacial score (nSPS) is 10.2. The summed E-state index contributed by atoms with van der Waals surface area (Å²) in [7, 11) is 0. The highest BCUT2D eigenvalue weighted by molar-refractivity contribution is 6.07. The van der Waals surface area contributed by atoms with E-state index in [9.17, 15) is 4.79 Å². The maximum absolute atomic E-state index is 12.0. The molecular weight excluding hydrogens is 214 g/mol. The number of aromatic nitrogens is 2. The van der Waals surface area contributed by atoms with Crippen LogP contribution in [0.2, 0.25) is 0 Å². The quantitative estimate of drug-likeness (QED) is 0.797. The van der Waals surface area contributed by atoms with Crippen LogP contribution in [0, 0.1) is 0 Å². The number of ketones is 1. The molecule has 0 saturated heterocycles. The summed E-state index contributed by atoms with van der Waals surface area (Å²) in [6, 6.07) is 7.41. The number of rotatable bonds is 4. The van der Waals surface area contributed by atoms with Gasteiger partial charge in [-0.05, 0) is 18.5 Å². The van der Waals surface area contributed by atoms with Crippen LogP contribution in [0.3, 0.4) is 0 Å². The van der Waals surface area contributed by atoms with Gasteiger partial charge >= 0.3 is 0 Å². The summed E-state index contributed by atoms with van der Waals surface area (Å²) in [4.78, 5) is 19.8. The third-order valence-corrected chi connectivity index (χ3v) is 2.44. The zero-order valence-electron chi connectivity index (χ0n) is 9.34. The van der Waals surface area contributed by atoms with E-state index in [-0.39, 0.29) is 5.78 Å². The Morgan fingerprint density at radius 2 is 1.94 bits per heavy atom. The average molecular weight is 227 g/mol. The van der Waals surface area contributed by atoms with Crippen LogP contribution < -0.4 is 5.73 Å². The number of carbonyl (C=O) groups is 1. The lowest BCUT2D eigenvalue weighted by Crippen LogP contribution is -2.05. The minimum absolute atomic E-state index is 0.114. The molecule has 0 atom stereocenters. The molecule has 86 valence electrons. The number of carbonyl (C=O) groups excluding carboxylic acids is 1. The Bertz CT molecular complexity index is 494. The molecule has 0 saturated carbocycles. The fourth-order valence-corrected chi connectivity index (χ4v) is 1.55. The van der Waals surface area contributed by atoms with E-state index >= 15 is 0 Å². The Kier molecular flexibility index (Phi) is 3.57. The molecule has 0 aliphatic rings. The van der Waals surface area contributed by atoms with Crippen molar-refractivity contribution in [1.29, 1.82) is 0 Å². The maximum Gasteiger partial charge on any atom is 0.212 e. The molecule has 1 aromatic carbocycles. The number of hydrogen-bond donors (Lipinski definition) is 1. The molecule has 2 rings (SSSR count). The first kappa shape index (κ1) is 11.4. The fourth-order valence-electron chi connectivity index (χ4n) is 1.55. The van der Waals surface area contributed by atoms with E-state index in [0.717, 1.165) is 12.0 Å². The number of hydrogen-bond acceptors (Lipinski definition) is 4. The molecule has 0 amide bonds. The van der Waals surface area contributed by atoms with Gasteiger partial charge in [-0.1, -0.05) is 24.3 Å². The summed E-state index contributed by atoms with van der Waals surface area (Å²) < 4.78 is 0. The minimum Gasteiger partial charge on any atom is -0.330 e. The minimum atomic E-state index is -0.114. The van der Waals surface area contributed by atoms with Gasteiger partial charge in [-0.15, -0.1) is 0 Å². The second-order valence-electron chi connectivity index (χ2n) is 3.66. The molecule has 4 heteroatoms. The molecule has 0 spiro atoms. The molecular formula is C13H13N3O. The molecule has 0 fully saturated rings. The van der Waals surface area contributed by atoms with E-state index in [4.69, 9.17) is 5.73 Å². The van der Waals surface area contributed by atoms with Gasteiger partial charge in [-0.2, -0.15) is 0 Å². The molecule has 17 heavy (non-hydrogen) atoms. The van der Waals surface area contributed by atoms with Crippen molar-refractivity contribution in [2.75, 3.05) is 6.54 Å². The van der Waals surface area contributed by atoms with Crippen molar-refractivity contribution in [2.24, 2.45) is 5.73 Å². The monoisotopic (exact) mass is 227 g/mol. The Labute approximate surface area is 99.5 Å². The van der Waals surface area contributed by atoms with Crippen LogP contribution in [0.4, 0.5) is 0 Å². The predicted molar refractivity (Wildman–Crippen MR) is 64.7 cm³/mol. The molecule has 0 bridgehead atoms. The third kappa shape index (κ3) is 2.73. The van der Waals surface area contributed by atoms with E-state index in [1.165, 1.54) is 12.4 Å². The van der Waals surface area contributed by atoms with Gasteiger partial charge in [0.05, 0.1) is 6.20 Å². The molecule has 4 nitrogen and oxygen atoms in total. The molecule has 1 heterocycles. The van der Waals surface area contributed by atoms with Gasteiger partial charge in [0.2, 0.25) is 5.78 Å². The highest BCUT2D eigenvalue weighted by Gasteiger charge is 2.09. The Morgan fingerprint density at radius 3 is 2.53 bits per heavy atom. The molecule has 2 aromatic rings. The first-order chi connectivity index (χ1) is 8.31. The van der Waals surface area contributed by atoms with Crippen molar-refractivity contribution >= 4 is 5.78 Å². The van der Waals surface area contributed by atoms with E-state index < -0.39 is 0 Å². The topological polar surface area (TPSA) is 68.9 Å². The lowest BCUT2D eigenvalue weighted by molar-refractivity contribution is 0.103. The summed E-state index contributed by atoms with van der Waals surface area (Å²) in [5.41, 5.74) is 7.57. The Balaban J connectivity index is 2.20. The SMILES string of the molecule is NCCc1ccc(C(=O)c2cnccn2)cc1. The van der Waals surface area contributed by atoms with Gasteiger partial charge in [-0.25, -0.2) is 4.98 Å². The van der Waals surface area contributed by atoms with E-state index in [2.05, 4.69) is 9.97 Å². The van der Waals surface area contributed by atoms with Gasteiger partial charge in [0.1, 0.15) is 5.69 Å².